The van der Waals surface area contributed by atoms with Crippen LogP contribution < -0.4 is 4.72 Å². The van der Waals surface area contributed by atoms with Crippen LogP contribution in [0.3, 0.4) is 0 Å². The summed E-state index contributed by atoms with van der Waals surface area (Å²) in [5.74, 6) is -0.414. The molecule has 1 atom stereocenters. The Hall–Kier alpha value is -1.47. The Labute approximate surface area is 152 Å². The molecule has 0 radical (unpaired) electrons. The number of likely N-dealkylation sites (tertiary alicyclic amines) is 1. The number of halogens is 2. The zero-order chi connectivity index (χ0) is 17.9. The lowest BCUT2D eigenvalue weighted by molar-refractivity contribution is 0.241. The number of nitrogens with one attached hydrogen (secondary N) is 1. The third kappa shape index (κ3) is 4.20. The van der Waals surface area contributed by atoms with E-state index in [0.717, 1.165) is 25.9 Å². The first-order valence-corrected chi connectivity index (χ1v) is 10.1. The van der Waals surface area contributed by atoms with Gasteiger partial charge in [0.25, 0.3) is 0 Å². The lowest BCUT2D eigenvalue weighted by Gasteiger charge is -2.29. The molecule has 1 aliphatic heterocycles. The van der Waals surface area contributed by atoms with Crippen molar-refractivity contribution >= 4 is 21.6 Å². The van der Waals surface area contributed by atoms with Crippen LogP contribution >= 0.6 is 11.6 Å². The van der Waals surface area contributed by atoms with Crippen molar-refractivity contribution in [3.8, 4) is 0 Å². The van der Waals surface area contributed by atoms with Gasteiger partial charge in [0.1, 0.15) is 5.82 Å². The number of nitrogens with zero attached hydrogens (tertiary/aromatic N) is 1. The van der Waals surface area contributed by atoms with Crippen LogP contribution in [0.4, 0.5) is 4.39 Å². The van der Waals surface area contributed by atoms with Crippen LogP contribution in [0.15, 0.2) is 53.4 Å². The van der Waals surface area contributed by atoms with E-state index in [-0.39, 0.29) is 11.4 Å². The van der Waals surface area contributed by atoms with E-state index in [0.29, 0.717) is 10.6 Å². The molecule has 1 aliphatic rings. The molecule has 1 N–H and O–H groups in total. The maximum absolute atomic E-state index is 14.4. The molecule has 1 heterocycles. The van der Waals surface area contributed by atoms with Crippen molar-refractivity contribution in [3.63, 3.8) is 0 Å². The van der Waals surface area contributed by atoms with Gasteiger partial charge in [-0.3, -0.25) is 4.90 Å². The highest BCUT2D eigenvalue weighted by Crippen LogP contribution is 2.32. The summed E-state index contributed by atoms with van der Waals surface area (Å²) in [6.45, 7) is 1.66. The Bertz CT molecular complexity index is 804. The molecule has 0 saturated carbocycles. The molecule has 2 aromatic rings. The Morgan fingerprint density at radius 1 is 1.08 bits per heavy atom. The van der Waals surface area contributed by atoms with E-state index in [9.17, 15) is 12.8 Å². The van der Waals surface area contributed by atoms with Crippen molar-refractivity contribution < 1.29 is 12.8 Å². The first-order chi connectivity index (χ1) is 12.0. The van der Waals surface area contributed by atoms with E-state index in [1.807, 2.05) is 0 Å². The average molecular weight is 383 g/mol. The molecule has 1 fully saturated rings. The third-order valence-corrected chi connectivity index (χ3v) is 6.20. The van der Waals surface area contributed by atoms with Crippen LogP contribution in [-0.4, -0.2) is 33.0 Å². The zero-order valence-electron chi connectivity index (χ0n) is 13.7. The van der Waals surface area contributed by atoms with Gasteiger partial charge in [0.05, 0.1) is 10.9 Å². The van der Waals surface area contributed by atoms with E-state index in [4.69, 9.17) is 11.6 Å². The van der Waals surface area contributed by atoms with Gasteiger partial charge in [-0.1, -0.05) is 35.9 Å². The minimum Gasteiger partial charge on any atom is -0.295 e. The van der Waals surface area contributed by atoms with E-state index in [2.05, 4.69) is 9.62 Å². The lowest BCUT2D eigenvalue weighted by atomic mass is 10.0. The molecule has 7 heteroatoms. The maximum Gasteiger partial charge on any atom is 0.240 e. The summed E-state index contributed by atoms with van der Waals surface area (Å²) in [5, 5.41) is 0.316. The fraction of sp³-hybridized carbons (Fsp3) is 0.333. The van der Waals surface area contributed by atoms with Gasteiger partial charge in [-0.05, 0) is 50.2 Å². The largest absolute Gasteiger partial charge is 0.295 e. The molecular formula is C18H20ClFN2O2S. The van der Waals surface area contributed by atoms with Crippen molar-refractivity contribution in [3.05, 3.63) is 64.9 Å². The first kappa shape index (κ1) is 18.3. The monoisotopic (exact) mass is 382 g/mol. The van der Waals surface area contributed by atoms with Gasteiger partial charge in [-0.2, -0.15) is 0 Å². The average Bonchev–Trinajstić information content (AvgIpc) is 3.12. The molecule has 134 valence electrons. The van der Waals surface area contributed by atoms with Gasteiger partial charge in [-0.25, -0.2) is 17.5 Å². The predicted molar refractivity (Wildman–Crippen MR) is 96.6 cm³/mol. The van der Waals surface area contributed by atoms with Crippen LogP contribution in [-0.2, 0) is 10.0 Å². The lowest BCUT2D eigenvalue weighted by Crippen LogP contribution is -2.37. The molecule has 3 rings (SSSR count). The SMILES string of the molecule is O=S(=O)(NC[C@H](c1c(F)cccc1Cl)N1CCCC1)c1ccccc1. The van der Waals surface area contributed by atoms with Gasteiger partial charge in [0.15, 0.2) is 0 Å². The van der Waals surface area contributed by atoms with Gasteiger partial charge >= 0.3 is 0 Å². The molecule has 0 unspecified atom stereocenters. The zero-order valence-corrected chi connectivity index (χ0v) is 15.2. The van der Waals surface area contributed by atoms with E-state index < -0.39 is 21.9 Å². The summed E-state index contributed by atoms with van der Waals surface area (Å²) in [6.07, 6.45) is 2.02. The fourth-order valence-corrected chi connectivity index (χ4v) is 4.52. The predicted octanol–water partition coefficient (Wildman–Crippen LogP) is 3.59. The van der Waals surface area contributed by atoms with Crippen LogP contribution in [0.1, 0.15) is 24.4 Å². The second kappa shape index (κ2) is 7.83. The topological polar surface area (TPSA) is 49.4 Å². The highest BCUT2D eigenvalue weighted by Gasteiger charge is 2.29. The Morgan fingerprint density at radius 2 is 1.76 bits per heavy atom. The van der Waals surface area contributed by atoms with Gasteiger partial charge in [-0.15, -0.1) is 0 Å². The van der Waals surface area contributed by atoms with Gasteiger partial charge < -0.3 is 0 Å². The van der Waals surface area contributed by atoms with Crippen molar-refractivity contribution in [1.29, 1.82) is 0 Å². The minimum absolute atomic E-state index is 0.0673. The number of sulfonamides is 1. The summed E-state index contributed by atoms with van der Waals surface area (Å²) in [7, 11) is -3.66. The van der Waals surface area contributed by atoms with Crippen molar-refractivity contribution in [2.75, 3.05) is 19.6 Å². The summed E-state index contributed by atoms with van der Waals surface area (Å²) in [4.78, 5) is 2.27. The number of benzene rings is 2. The molecule has 0 spiro atoms. The molecule has 0 aromatic heterocycles. The standard InChI is InChI=1S/C18H20ClFN2O2S/c19-15-9-6-10-16(20)18(15)17(22-11-4-5-12-22)13-21-25(23,24)14-7-2-1-3-8-14/h1-3,6-10,17,21H,4-5,11-13H2/t17-/m1/s1. The number of hydrogen-bond donors (Lipinski definition) is 1. The first-order valence-electron chi connectivity index (χ1n) is 8.22. The molecule has 0 bridgehead atoms. The van der Waals surface area contributed by atoms with E-state index in [1.165, 1.54) is 18.2 Å². The quantitative estimate of drug-likeness (QED) is 0.830. The highest BCUT2D eigenvalue weighted by atomic mass is 35.5. The highest BCUT2D eigenvalue weighted by molar-refractivity contribution is 7.89. The summed E-state index contributed by atoms with van der Waals surface area (Å²) in [5.41, 5.74) is 0.349. The normalized spacial score (nSPS) is 16.9. The van der Waals surface area contributed by atoms with Crippen LogP contribution in [0.25, 0.3) is 0 Å². The van der Waals surface area contributed by atoms with Crippen LogP contribution in [0.5, 0.6) is 0 Å². The second-order valence-corrected chi connectivity index (χ2v) is 8.23. The van der Waals surface area contributed by atoms with E-state index in [1.54, 1.807) is 30.3 Å². The van der Waals surface area contributed by atoms with Crippen LogP contribution in [0, 0.1) is 5.82 Å². The minimum atomic E-state index is -3.66. The molecule has 0 amide bonds. The molecule has 4 nitrogen and oxygen atoms in total. The molecule has 25 heavy (non-hydrogen) atoms. The summed E-state index contributed by atoms with van der Waals surface area (Å²) >= 11 is 6.23. The van der Waals surface area contributed by atoms with Gasteiger partial charge in [0.2, 0.25) is 10.0 Å². The number of hydrogen-bond acceptors (Lipinski definition) is 3. The number of rotatable bonds is 6. The molecule has 1 saturated heterocycles. The Kier molecular flexibility index (Phi) is 5.74. The summed E-state index contributed by atoms with van der Waals surface area (Å²) in [6, 6.07) is 12.3. The summed E-state index contributed by atoms with van der Waals surface area (Å²) < 4.78 is 42.0. The molecular weight excluding hydrogens is 363 g/mol. The van der Waals surface area contributed by atoms with Gasteiger partial charge in [0, 0.05) is 17.1 Å². The maximum atomic E-state index is 14.4. The second-order valence-electron chi connectivity index (χ2n) is 6.06. The van der Waals surface area contributed by atoms with E-state index >= 15 is 0 Å². The Morgan fingerprint density at radius 3 is 2.40 bits per heavy atom. The van der Waals surface area contributed by atoms with Crippen molar-refractivity contribution in [2.45, 2.75) is 23.8 Å². The molecule has 2 aromatic carbocycles. The smallest absolute Gasteiger partial charge is 0.240 e. The molecule has 0 aliphatic carbocycles. The third-order valence-electron chi connectivity index (χ3n) is 4.43. The van der Waals surface area contributed by atoms with Crippen molar-refractivity contribution in [2.24, 2.45) is 0 Å². The van der Waals surface area contributed by atoms with Crippen molar-refractivity contribution in [1.82, 2.24) is 9.62 Å². The van der Waals surface area contributed by atoms with Crippen LogP contribution in [0.2, 0.25) is 5.02 Å². The Balaban J connectivity index is 1.86. The fourth-order valence-electron chi connectivity index (χ4n) is 3.17.